The van der Waals surface area contributed by atoms with E-state index in [2.05, 4.69) is 41.5 Å². The molecule has 0 aliphatic rings. The van der Waals surface area contributed by atoms with Gasteiger partial charge in [0.2, 0.25) is 0 Å². The number of hydrogen-bond acceptors (Lipinski definition) is 0. The monoisotopic (exact) mass is 211 g/mol. The molecule has 0 aromatic carbocycles. The van der Waals surface area contributed by atoms with Crippen molar-refractivity contribution in [3.8, 4) is 0 Å². The summed E-state index contributed by atoms with van der Waals surface area (Å²) in [5, 5.41) is 0. The van der Waals surface area contributed by atoms with Crippen molar-refractivity contribution in [2.75, 3.05) is 0 Å². The molecular weight excluding hydrogens is 180 g/mol. The van der Waals surface area contributed by atoms with Gasteiger partial charge in [-0.05, 0) is 30.1 Å². The van der Waals surface area contributed by atoms with Crippen LogP contribution in [0.5, 0.6) is 0 Å². The van der Waals surface area contributed by atoms with E-state index >= 15 is 0 Å². The summed E-state index contributed by atoms with van der Waals surface area (Å²) in [4.78, 5) is 0. The van der Waals surface area contributed by atoms with Crippen LogP contribution in [0, 0.1) is 17.3 Å². The van der Waals surface area contributed by atoms with Crippen LogP contribution in [0.2, 0.25) is 0 Å². The quantitative estimate of drug-likeness (QED) is 0.457. The molecule has 0 spiro atoms. The van der Waals surface area contributed by atoms with Gasteiger partial charge in [-0.2, -0.15) is 0 Å². The van der Waals surface area contributed by atoms with Crippen molar-refractivity contribution in [3.63, 3.8) is 0 Å². The largest absolute Gasteiger partial charge is 0.0628 e. The number of hydrogen-bond donors (Lipinski definition) is 0. The highest BCUT2D eigenvalue weighted by atomic mass is 14.2. The van der Waals surface area contributed by atoms with Crippen LogP contribution in [-0.4, -0.2) is 0 Å². The molecular formula is C15H31. The Hall–Kier alpha value is 0. The Morgan fingerprint density at radius 2 is 1.60 bits per heavy atom. The predicted molar refractivity (Wildman–Crippen MR) is 70.9 cm³/mol. The van der Waals surface area contributed by atoms with Gasteiger partial charge in [0.05, 0.1) is 0 Å². The van der Waals surface area contributed by atoms with Gasteiger partial charge in [-0.25, -0.2) is 0 Å². The predicted octanol–water partition coefficient (Wildman–Crippen LogP) is 5.62. The summed E-state index contributed by atoms with van der Waals surface area (Å²) >= 11 is 0. The van der Waals surface area contributed by atoms with Crippen LogP contribution < -0.4 is 0 Å². The Morgan fingerprint density at radius 1 is 1.00 bits per heavy atom. The zero-order valence-electron chi connectivity index (χ0n) is 11.8. The molecule has 0 bridgehead atoms. The first-order valence-corrected chi connectivity index (χ1v) is 6.62. The average molecular weight is 211 g/mol. The normalized spacial score (nSPS) is 12.8. The first kappa shape index (κ1) is 15.0. The fraction of sp³-hybridized carbons (Fsp3) is 0.933. The summed E-state index contributed by atoms with van der Waals surface area (Å²) in [7, 11) is 0. The SMILES string of the molecule is C[C](C)CC(C)(C)CCCCCC(C)C. The maximum absolute atomic E-state index is 2.41. The molecule has 0 aliphatic carbocycles. The summed E-state index contributed by atoms with van der Waals surface area (Å²) in [5.74, 6) is 2.45. The molecule has 0 rings (SSSR count). The second kappa shape index (κ2) is 7.30. The summed E-state index contributed by atoms with van der Waals surface area (Å²) in [6.45, 7) is 13.9. The lowest BCUT2D eigenvalue weighted by atomic mass is 9.79. The summed E-state index contributed by atoms with van der Waals surface area (Å²) in [5.41, 5.74) is 0.524. The van der Waals surface area contributed by atoms with Crippen LogP contribution in [0.4, 0.5) is 0 Å². The van der Waals surface area contributed by atoms with Crippen LogP contribution in [0.1, 0.15) is 80.1 Å². The minimum atomic E-state index is 0.524. The molecule has 0 heteroatoms. The van der Waals surface area contributed by atoms with E-state index in [1.165, 1.54) is 38.5 Å². The Bertz CT molecular complexity index is 142. The van der Waals surface area contributed by atoms with E-state index in [9.17, 15) is 0 Å². The van der Waals surface area contributed by atoms with Crippen molar-refractivity contribution in [2.45, 2.75) is 80.1 Å². The molecule has 0 heterocycles. The van der Waals surface area contributed by atoms with E-state index in [1.54, 1.807) is 5.92 Å². The van der Waals surface area contributed by atoms with Gasteiger partial charge in [0.1, 0.15) is 0 Å². The van der Waals surface area contributed by atoms with E-state index in [1.807, 2.05) is 0 Å². The minimum Gasteiger partial charge on any atom is -0.0628 e. The Kier molecular flexibility index (Phi) is 7.30. The maximum Gasteiger partial charge on any atom is -0.0298 e. The molecule has 15 heavy (non-hydrogen) atoms. The van der Waals surface area contributed by atoms with Crippen molar-refractivity contribution < 1.29 is 0 Å². The Balaban J connectivity index is 3.48. The first-order chi connectivity index (χ1) is 6.83. The molecule has 91 valence electrons. The Labute approximate surface area is 97.8 Å². The molecule has 0 aromatic heterocycles. The molecule has 0 unspecified atom stereocenters. The van der Waals surface area contributed by atoms with Crippen LogP contribution in [-0.2, 0) is 0 Å². The van der Waals surface area contributed by atoms with E-state index in [0.29, 0.717) is 5.41 Å². The number of unbranched alkanes of at least 4 members (excludes halogenated alkanes) is 2. The van der Waals surface area contributed by atoms with Gasteiger partial charge in [-0.15, -0.1) is 0 Å². The molecule has 0 aliphatic heterocycles. The molecule has 0 N–H and O–H groups in total. The lowest BCUT2D eigenvalue weighted by Crippen LogP contribution is -2.13. The third-order valence-electron chi connectivity index (χ3n) is 2.97. The topological polar surface area (TPSA) is 0 Å². The van der Waals surface area contributed by atoms with Crippen LogP contribution in [0.3, 0.4) is 0 Å². The minimum absolute atomic E-state index is 0.524. The zero-order valence-corrected chi connectivity index (χ0v) is 11.8. The second-order valence-electron chi connectivity index (χ2n) is 6.54. The van der Waals surface area contributed by atoms with E-state index in [-0.39, 0.29) is 0 Å². The first-order valence-electron chi connectivity index (χ1n) is 6.62. The molecule has 0 fully saturated rings. The fourth-order valence-electron chi connectivity index (χ4n) is 2.38. The van der Waals surface area contributed by atoms with E-state index in [0.717, 1.165) is 5.92 Å². The van der Waals surface area contributed by atoms with Crippen molar-refractivity contribution in [1.29, 1.82) is 0 Å². The Morgan fingerprint density at radius 3 is 2.07 bits per heavy atom. The smallest absolute Gasteiger partial charge is 0.0298 e. The highest BCUT2D eigenvalue weighted by Gasteiger charge is 2.18. The highest BCUT2D eigenvalue weighted by molar-refractivity contribution is 4.85. The van der Waals surface area contributed by atoms with Crippen LogP contribution >= 0.6 is 0 Å². The van der Waals surface area contributed by atoms with Gasteiger partial charge in [-0.1, -0.05) is 67.2 Å². The third kappa shape index (κ3) is 10.3. The third-order valence-corrected chi connectivity index (χ3v) is 2.97. The zero-order chi connectivity index (χ0) is 11.9. The van der Waals surface area contributed by atoms with Gasteiger partial charge in [0, 0.05) is 0 Å². The summed E-state index contributed by atoms with van der Waals surface area (Å²) in [6, 6.07) is 0. The lowest BCUT2D eigenvalue weighted by molar-refractivity contribution is 0.301. The highest BCUT2D eigenvalue weighted by Crippen LogP contribution is 2.32. The van der Waals surface area contributed by atoms with Crippen molar-refractivity contribution in [1.82, 2.24) is 0 Å². The van der Waals surface area contributed by atoms with Gasteiger partial charge >= 0.3 is 0 Å². The van der Waals surface area contributed by atoms with Crippen molar-refractivity contribution >= 4 is 0 Å². The van der Waals surface area contributed by atoms with Crippen molar-refractivity contribution in [3.05, 3.63) is 5.92 Å². The van der Waals surface area contributed by atoms with Gasteiger partial charge in [0.15, 0.2) is 0 Å². The van der Waals surface area contributed by atoms with Crippen LogP contribution in [0.25, 0.3) is 0 Å². The average Bonchev–Trinajstić information content (AvgIpc) is 1.99. The maximum atomic E-state index is 2.41. The molecule has 1 radical (unpaired) electrons. The molecule has 0 nitrogen and oxygen atoms in total. The van der Waals surface area contributed by atoms with Gasteiger partial charge < -0.3 is 0 Å². The summed E-state index contributed by atoms with van der Waals surface area (Å²) < 4.78 is 0. The van der Waals surface area contributed by atoms with Gasteiger partial charge in [-0.3, -0.25) is 0 Å². The lowest BCUT2D eigenvalue weighted by Gasteiger charge is -2.26. The van der Waals surface area contributed by atoms with E-state index < -0.39 is 0 Å². The standard InChI is InChI=1S/C15H31/c1-13(2)10-8-7-9-11-15(5,6)12-14(3)4/h13H,7-12H2,1-6H3. The van der Waals surface area contributed by atoms with Gasteiger partial charge in [0.25, 0.3) is 0 Å². The fourth-order valence-corrected chi connectivity index (χ4v) is 2.38. The molecule has 0 amide bonds. The van der Waals surface area contributed by atoms with Crippen LogP contribution in [0.15, 0.2) is 0 Å². The molecule has 0 atom stereocenters. The number of rotatable bonds is 8. The molecule has 0 aromatic rings. The molecule has 0 saturated heterocycles. The second-order valence-corrected chi connectivity index (χ2v) is 6.54. The molecule has 0 saturated carbocycles. The van der Waals surface area contributed by atoms with E-state index in [4.69, 9.17) is 0 Å². The van der Waals surface area contributed by atoms with Crippen molar-refractivity contribution in [2.24, 2.45) is 11.3 Å². The summed E-state index contributed by atoms with van der Waals surface area (Å²) in [6.07, 6.45) is 8.33.